The number of benzene rings is 7. The van der Waals surface area contributed by atoms with Gasteiger partial charge in [0.1, 0.15) is 0 Å². The number of fused-ring (bicyclic) bond motifs is 8. The fourth-order valence-electron chi connectivity index (χ4n) is 8.15. The number of hydrogen-bond donors (Lipinski definition) is 0. The average Bonchev–Trinajstić information content (AvgIpc) is 3.63. The summed E-state index contributed by atoms with van der Waals surface area (Å²) in [6.07, 6.45) is 1.88. The van der Waals surface area contributed by atoms with Crippen LogP contribution in [0.15, 0.2) is 164 Å². The van der Waals surface area contributed by atoms with Crippen LogP contribution < -0.4 is 0 Å². The van der Waals surface area contributed by atoms with Crippen molar-refractivity contribution in [2.45, 2.75) is 19.3 Å². The van der Waals surface area contributed by atoms with E-state index >= 15 is 0 Å². The average molecular weight is 640 g/mol. The van der Waals surface area contributed by atoms with E-state index in [4.69, 9.17) is 9.97 Å². The first kappa shape index (κ1) is 28.7. The summed E-state index contributed by atoms with van der Waals surface area (Å²) in [7, 11) is 0. The van der Waals surface area contributed by atoms with Crippen LogP contribution in [0, 0.1) is 0 Å². The highest BCUT2D eigenvalue weighted by Gasteiger charge is 2.35. The number of aromatic nitrogens is 3. The molecular weight excluding hydrogens is 607 g/mol. The maximum Gasteiger partial charge on any atom is 0.235 e. The van der Waals surface area contributed by atoms with Crippen molar-refractivity contribution >= 4 is 32.6 Å². The summed E-state index contributed by atoms with van der Waals surface area (Å²) in [5, 5.41) is 4.86. The minimum atomic E-state index is -0.0276. The van der Waals surface area contributed by atoms with Crippen molar-refractivity contribution in [1.82, 2.24) is 14.5 Å². The lowest BCUT2D eigenvalue weighted by Crippen LogP contribution is -2.14. The second-order valence-corrected chi connectivity index (χ2v) is 13.9. The Bertz CT molecular complexity index is 2770. The van der Waals surface area contributed by atoms with Gasteiger partial charge in [0.05, 0.1) is 16.7 Å². The van der Waals surface area contributed by atoms with Gasteiger partial charge in [-0.1, -0.05) is 147 Å². The topological polar surface area (TPSA) is 30.7 Å². The molecule has 1 aliphatic rings. The van der Waals surface area contributed by atoms with E-state index in [-0.39, 0.29) is 5.41 Å². The second kappa shape index (κ2) is 10.8. The molecule has 0 saturated carbocycles. The standard InChI is InChI=1S/C47H33N3/c1-47(2)40-15-9-8-14-37(40)38-23-20-34(28-41(38)47)31-16-18-33(19-17-31)42-26-27-48-46(49-42)50-43-25-22-32-12-6-7-13-36(32)45(43)39-24-21-35(29-44(39)50)30-10-4-3-5-11-30/h3-29H,1-2H3. The van der Waals surface area contributed by atoms with E-state index in [1.165, 1.54) is 60.5 Å². The zero-order valence-corrected chi connectivity index (χ0v) is 27.9. The number of nitrogens with zero attached hydrogens (tertiary/aromatic N) is 3. The Hall–Kier alpha value is -6.32. The van der Waals surface area contributed by atoms with Crippen LogP contribution in [0.1, 0.15) is 25.0 Å². The lowest BCUT2D eigenvalue weighted by molar-refractivity contribution is 0.660. The fraction of sp³-hybridized carbons (Fsp3) is 0.0638. The van der Waals surface area contributed by atoms with E-state index in [1.807, 2.05) is 12.3 Å². The molecular formula is C47H33N3. The van der Waals surface area contributed by atoms with Crippen molar-refractivity contribution in [2.75, 3.05) is 0 Å². The zero-order chi connectivity index (χ0) is 33.4. The van der Waals surface area contributed by atoms with Gasteiger partial charge >= 0.3 is 0 Å². The third-order valence-corrected chi connectivity index (χ3v) is 10.7. The van der Waals surface area contributed by atoms with Crippen LogP contribution in [0.4, 0.5) is 0 Å². The summed E-state index contributed by atoms with van der Waals surface area (Å²) in [5.74, 6) is 0.660. The van der Waals surface area contributed by atoms with Crippen molar-refractivity contribution in [2.24, 2.45) is 0 Å². The van der Waals surface area contributed by atoms with Gasteiger partial charge in [0, 0.05) is 27.9 Å². The third kappa shape index (κ3) is 4.30. The Labute approximate surface area is 291 Å². The summed E-state index contributed by atoms with van der Waals surface area (Å²) in [4.78, 5) is 10.1. The maximum absolute atomic E-state index is 5.21. The third-order valence-electron chi connectivity index (χ3n) is 10.7. The van der Waals surface area contributed by atoms with Gasteiger partial charge in [-0.15, -0.1) is 0 Å². The van der Waals surface area contributed by atoms with E-state index in [0.717, 1.165) is 27.9 Å². The summed E-state index contributed by atoms with van der Waals surface area (Å²) in [5.41, 5.74) is 14.3. The summed E-state index contributed by atoms with van der Waals surface area (Å²) >= 11 is 0. The largest absolute Gasteiger partial charge is 0.278 e. The zero-order valence-electron chi connectivity index (χ0n) is 27.9. The predicted molar refractivity (Wildman–Crippen MR) is 208 cm³/mol. The Morgan fingerprint density at radius 3 is 2.04 bits per heavy atom. The van der Waals surface area contributed by atoms with Crippen LogP contribution in [-0.4, -0.2) is 14.5 Å². The highest BCUT2D eigenvalue weighted by molar-refractivity contribution is 6.21. The van der Waals surface area contributed by atoms with E-state index in [2.05, 4.69) is 170 Å². The van der Waals surface area contributed by atoms with Gasteiger partial charge in [-0.05, 0) is 79.5 Å². The normalized spacial score (nSPS) is 13.2. The van der Waals surface area contributed by atoms with Crippen LogP contribution in [0.5, 0.6) is 0 Å². The number of hydrogen-bond acceptors (Lipinski definition) is 2. The van der Waals surface area contributed by atoms with E-state index in [1.54, 1.807) is 0 Å². The van der Waals surface area contributed by atoms with Crippen LogP contribution >= 0.6 is 0 Å². The molecule has 0 saturated heterocycles. The lowest BCUT2D eigenvalue weighted by Gasteiger charge is -2.22. The van der Waals surface area contributed by atoms with Crippen LogP contribution in [0.3, 0.4) is 0 Å². The minimum absolute atomic E-state index is 0.0276. The Kier molecular flexibility index (Phi) is 6.22. The second-order valence-electron chi connectivity index (χ2n) is 13.9. The molecule has 3 heteroatoms. The summed E-state index contributed by atoms with van der Waals surface area (Å²) in [6, 6.07) is 56.9. The molecule has 2 heterocycles. The first-order valence-electron chi connectivity index (χ1n) is 17.2. The van der Waals surface area contributed by atoms with Crippen molar-refractivity contribution in [3.05, 3.63) is 175 Å². The SMILES string of the molecule is CC1(C)c2ccccc2-c2ccc(-c3ccc(-c4ccnc(-n5c6cc(-c7ccccc7)ccc6c6c7ccccc7ccc65)n4)cc3)cc21. The molecule has 236 valence electrons. The molecule has 50 heavy (non-hydrogen) atoms. The smallest absolute Gasteiger partial charge is 0.235 e. The Morgan fingerprint density at radius 1 is 0.480 bits per heavy atom. The van der Waals surface area contributed by atoms with Gasteiger partial charge in [0.25, 0.3) is 0 Å². The molecule has 0 unspecified atom stereocenters. The Morgan fingerprint density at radius 2 is 1.16 bits per heavy atom. The molecule has 7 aromatic carbocycles. The molecule has 9 aromatic rings. The van der Waals surface area contributed by atoms with Crippen LogP contribution in [-0.2, 0) is 5.41 Å². The van der Waals surface area contributed by atoms with Gasteiger partial charge in [0.2, 0.25) is 5.95 Å². The molecule has 2 aromatic heterocycles. The highest BCUT2D eigenvalue weighted by Crippen LogP contribution is 2.49. The minimum Gasteiger partial charge on any atom is -0.278 e. The lowest BCUT2D eigenvalue weighted by atomic mass is 9.81. The van der Waals surface area contributed by atoms with Gasteiger partial charge in [-0.25, -0.2) is 9.97 Å². The quantitative estimate of drug-likeness (QED) is 0.192. The first-order chi connectivity index (χ1) is 24.5. The molecule has 0 spiro atoms. The van der Waals surface area contributed by atoms with E-state index in [0.29, 0.717) is 5.95 Å². The van der Waals surface area contributed by atoms with E-state index < -0.39 is 0 Å². The first-order valence-corrected chi connectivity index (χ1v) is 17.2. The van der Waals surface area contributed by atoms with Gasteiger partial charge in [0.15, 0.2) is 0 Å². The molecule has 0 fully saturated rings. The molecule has 10 rings (SSSR count). The maximum atomic E-state index is 5.21. The van der Waals surface area contributed by atoms with Gasteiger partial charge in [-0.3, -0.25) is 4.57 Å². The molecule has 0 aliphatic heterocycles. The van der Waals surface area contributed by atoms with E-state index in [9.17, 15) is 0 Å². The number of rotatable bonds is 4. The molecule has 0 radical (unpaired) electrons. The Balaban J connectivity index is 1.08. The predicted octanol–water partition coefficient (Wildman–Crippen LogP) is 12.0. The van der Waals surface area contributed by atoms with Crippen LogP contribution in [0.25, 0.3) is 83.2 Å². The molecule has 3 nitrogen and oxygen atoms in total. The van der Waals surface area contributed by atoms with Crippen molar-refractivity contribution in [1.29, 1.82) is 0 Å². The molecule has 1 aliphatic carbocycles. The molecule has 0 atom stereocenters. The molecule has 0 bridgehead atoms. The monoisotopic (exact) mass is 639 g/mol. The molecule has 0 amide bonds. The van der Waals surface area contributed by atoms with Crippen molar-refractivity contribution in [3.8, 4) is 50.6 Å². The highest BCUT2D eigenvalue weighted by atomic mass is 15.2. The molecule has 0 N–H and O–H groups in total. The van der Waals surface area contributed by atoms with Crippen molar-refractivity contribution < 1.29 is 0 Å². The van der Waals surface area contributed by atoms with Gasteiger partial charge < -0.3 is 0 Å². The summed E-state index contributed by atoms with van der Waals surface area (Å²) in [6.45, 7) is 4.67. The van der Waals surface area contributed by atoms with Crippen molar-refractivity contribution in [3.63, 3.8) is 0 Å². The van der Waals surface area contributed by atoms with Crippen LogP contribution in [0.2, 0.25) is 0 Å². The van der Waals surface area contributed by atoms with Gasteiger partial charge in [-0.2, -0.15) is 0 Å². The summed E-state index contributed by atoms with van der Waals surface area (Å²) < 4.78 is 2.23. The fourth-order valence-corrected chi connectivity index (χ4v) is 8.15.